The van der Waals surface area contributed by atoms with Crippen LogP contribution in [-0.2, 0) is 6.42 Å². The summed E-state index contributed by atoms with van der Waals surface area (Å²) in [6, 6.07) is 1.86. The molecule has 6 nitrogen and oxygen atoms in total. The molecule has 2 rings (SSSR count). The SMILES string of the molecule is CCc1nnc(C)cc1-c1nc(N)no1. The molecule has 0 radical (unpaired) electrons. The number of nitrogens with zero attached hydrogens (tertiary/aromatic N) is 4. The first-order chi connectivity index (χ1) is 7.20. The van der Waals surface area contributed by atoms with E-state index in [0.29, 0.717) is 5.89 Å². The van der Waals surface area contributed by atoms with E-state index in [-0.39, 0.29) is 5.95 Å². The maximum absolute atomic E-state index is 5.39. The van der Waals surface area contributed by atoms with Crippen molar-refractivity contribution in [1.82, 2.24) is 20.3 Å². The van der Waals surface area contributed by atoms with Crippen LogP contribution in [0, 0.1) is 6.92 Å². The van der Waals surface area contributed by atoms with Crippen LogP contribution in [0.15, 0.2) is 10.6 Å². The van der Waals surface area contributed by atoms with Crippen molar-refractivity contribution < 1.29 is 4.52 Å². The molecule has 0 spiro atoms. The van der Waals surface area contributed by atoms with Crippen LogP contribution >= 0.6 is 0 Å². The lowest BCUT2D eigenvalue weighted by Gasteiger charge is -2.01. The van der Waals surface area contributed by atoms with Gasteiger partial charge in [-0.25, -0.2) is 0 Å². The number of nitrogen functional groups attached to an aromatic ring is 1. The average molecular weight is 205 g/mol. The summed E-state index contributed by atoms with van der Waals surface area (Å²) < 4.78 is 4.99. The molecule has 0 bridgehead atoms. The highest BCUT2D eigenvalue weighted by atomic mass is 16.5. The first-order valence-corrected chi connectivity index (χ1v) is 4.63. The third-order valence-electron chi connectivity index (χ3n) is 2.00. The summed E-state index contributed by atoms with van der Waals surface area (Å²) in [5.74, 6) is 0.517. The summed E-state index contributed by atoms with van der Waals surface area (Å²) >= 11 is 0. The molecule has 0 saturated heterocycles. The van der Waals surface area contributed by atoms with E-state index in [4.69, 9.17) is 10.3 Å². The van der Waals surface area contributed by atoms with Crippen LogP contribution in [0.1, 0.15) is 18.3 Å². The highest BCUT2D eigenvalue weighted by molar-refractivity contribution is 5.57. The molecule has 2 heterocycles. The van der Waals surface area contributed by atoms with E-state index >= 15 is 0 Å². The molecule has 2 aromatic heterocycles. The summed E-state index contributed by atoms with van der Waals surface area (Å²) in [4.78, 5) is 3.96. The van der Waals surface area contributed by atoms with Gasteiger partial charge in [-0.2, -0.15) is 15.2 Å². The lowest BCUT2D eigenvalue weighted by atomic mass is 10.1. The number of nitrogens with two attached hydrogens (primary N) is 1. The average Bonchev–Trinajstić information content (AvgIpc) is 2.65. The molecule has 0 amide bonds. The molecule has 0 unspecified atom stereocenters. The number of hydrogen-bond donors (Lipinski definition) is 1. The first kappa shape index (κ1) is 9.57. The Balaban J connectivity index is 2.55. The molecule has 6 heteroatoms. The van der Waals surface area contributed by atoms with Crippen molar-refractivity contribution in [1.29, 1.82) is 0 Å². The minimum atomic E-state index is 0.126. The van der Waals surface area contributed by atoms with Crippen LogP contribution < -0.4 is 5.73 Å². The zero-order valence-corrected chi connectivity index (χ0v) is 8.56. The number of hydrogen-bond acceptors (Lipinski definition) is 6. The van der Waals surface area contributed by atoms with Gasteiger partial charge in [0.2, 0.25) is 0 Å². The molecule has 0 aromatic carbocycles. The Hall–Kier alpha value is -1.98. The quantitative estimate of drug-likeness (QED) is 0.785. The van der Waals surface area contributed by atoms with E-state index in [1.807, 2.05) is 19.9 Å². The van der Waals surface area contributed by atoms with Gasteiger partial charge in [-0.05, 0) is 24.6 Å². The zero-order valence-electron chi connectivity index (χ0n) is 8.56. The van der Waals surface area contributed by atoms with E-state index in [2.05, 4.69) is 20.3 Å². The molecule has 0 aliphatic rings. The Morgan fingerprint density at radius 3 is 2.80 bits per heavy atom. The van der Waals surface area contributed by atoms with Crippen molar-refractivity contribution in [2.75, 3.05) is 5.73 Å². The normalized spacial score (nSPS) is 10.5. The highest BCUT2D eigenvalue weighted by Crippen LogP contribution is 2.21. The standard InChI is InChI=1S/C9H11N5O/c1-3-7-6(4-5(2)12-13-7)8-11-9(10)14-15-8/h4H,3H2,1-2H3,(H2,10,14). The Morgan fingerprint density at radius 1 is 1.40 bits per heavy atom. The molecule has 0 atom stereocenters. The van der Waals surface area contributed by atoms with Crippen molar-refractivity contribution in [3.05, 3.63) is 17.5 Å². The van der Waals surface area contributed by atoms with Crippen LogP contribution in [0.3, 0.4) is 0 Å². The predicted molar refractivity (Wildman–Crippen MR) is 53.9 cm³/mol. The van der Waals surface area contributed by atoms with Crippen molar-refractivity contribution in [3.8, 4) is 11.5 Å². The fraction of sp³-hybridized carbons (Fsp3) is 0.333. The van der Waals surface area contributed by atoms with Crippen molar-refractivity contribution in [2.24, 2.45) is 0 Å². The lowest BCUT2D eigenvalue weighted by molar-refractivity contribution is 0.432. The number of rotatable bonds is 2. The van der Waals surface area contributed by atoms with Gasteiger partial charge >= 0.3 is 0 Å². The van der Waals surface area contributed by atoms with E-state index in [1.165, 1.54) is 0 Å². The fourth-order valence-corrected chi connectivity index (χ4v) is 1.30. The Morgan fingerprint density at radius 2 is 2.20 bits per heavy atom. The molecular weight excluding hydrogens is 194 g/mol. The minimum absolute atomic E-state index is 0.126. The van der Waals surface area contributed by atoms with Gasteiger partial charge in [-0.15, -0.1) is 0 Å². The van der Waals surface area contributed by atoms with E-state index in [9.17, 15) is 0 Å². The van der Waals surface area contributed by atoms with Crippen molar-refractivity contribution >= 4 is 5.95 Å². The molecule has 15 heavy (non-hydrogen) atoms. The van der Waals surface area contributed by atoms with Gasteiger partial charge in [0.15, 0.2) is 0 Å². The Kier molecular flexibility index (Phi) is 2.32. The van der Waals surface area contributed by atoms with E-state index in [1.54, 1.807) is 0 Å². The molecule has 2 N–H and O–H groups in total. The fourth-order valence-electron chi connectivity index (χ4n) is 1.30. The molecule has 0 aliphatic heterocycles. The van der Waals surface area contributed by atoms with Gasteiger partial charge in [0.25, 0.3) is 11.8 Å². The number of aryl methyl sites for hydroxylation is 2. The van der Waals surface area contributed by atoms with Crippen LogP contribution in [-0.4, -0.2) is 20.3 Å². The lowest BCUT2D eigenvalue weighted by Crippen LogP contribution is -1.97. The third kappa shape index (κ3) is 1.78. The molecule has 0 fully saturated rings. The number of aromatic nitrogens is 4. The summed E-state index contributed by atoms with van der Waals surface area (Å²) in [7, 11) is 0. The summed E-state index contributed by atoms with van der Waals surface area (Å²) in [6.45, 7) is 3.85. The third-order valence-corrected chi connectivity index (χ3v) is 2.00. The van der Waals surface area contributed by atoms with Crippen LogP contribution in [0.25, 0.3) is 11.5 Å². The second-order valence-corrected chi connectivity index (χ2v) is 3.16. The molecule has 0 aliphatic carbocycles. The molecule has 78 valence electrons. The smallest absolute Gasteiger partial charge is 0.261 e. The van der Waals surface area contributed by atoms with E-state index in [0.717, 1.165) is 23.4 Å². The number of anilines is 1. The maximum atomic E-state index is 5.39. The predicted octanol–water partition coefficient (Wildman–Crippen LogP) is 0.980. The van der Waals surface area contributed by atoms with Gasteiger partial charge in [0.1, 0.15) is 0 Å². The highest BCUT2D eigenvalue weighted by Gasteiger charge is 2.12. The Labute approximate surface area is 86.5 Å². The van der Waals surface area contributed by atoms with Crippen molar-refractivity contribution in [3.63, 3.8) is 0 Å². The monoisotopic (exact) mass is 205 g/mol. The van der Waals surface area contributed by atoms with Crippen molar-refractivity contribution in [2.45, 2.75) is 20.3 Å². The second kappa shape index (κ2) is 3.64. The topological polar surface area (TPSA) is 90.7 Å². The van der Waals surface area contributed by atoms with Gasteiger partial charge < -0.3 is 10.3 Å². The summed E-state index contributed by atoms with van der Waals surface area (Å²) in [5, 5.41) is 11.6. The van der Waals surface area contributed by atoms with Gasteiger partial charge in [0, 0.05) is 0 Å². The summed E-state index contributed by atoms with van der Waals surface area (Å²) in [6.07, 6.45) is 0.755. The van der Waals surface area contributed by atoms with Gasteiger partial charge in [0.05, 0.1) is 17.0 Å². The van der Waals surface area contributed by atoms with Crippen LogP contribution in [0.5, 0.6) is 0 Å². The molecule has 0 saturated carbocycles. The molecule has 2 aromatic rings. The van der Waals surface area contributed by atoms with Gasteiger partial charge in [-0.1, -0.05) is 6.92 Å². The second-order valence-electron chi connectivity index (χ2n) is 3.16. The van der Waals surface area contributed by atoms with Crippen LogP contribution in [0.4, 0.5) is 5.95 Å². The summed E-state index contributed by atoms with van der Waals surface area (Å²) in [5.41, 5.74) is 7.82. The maximum Gasteiger partial charge on any atom is 0.261 e. The largest absolute Gasteiger partial charge is 0.365 e. The minimum Gasteiger partial charge on any atom is -0.365 e. The van der Waals surface area contributed by atoms with E-state index < -0.39 is 0 Å². The Bertz CT molecular complexity index is 479. The zero-order chi connectivity index (χ0) is 10.8. The first-order valence-electron chi connectivity index (χ1n) is 4.63. The van der Waals surface area contributed by atoms with Crippen LogP contribution in [0.2, 0.25) is 0 Å². The van der Waals surface area contributed by atoms with Gasteiger partial charge in [-0.3, -0.25) is 0 Å². The molecular formula is C9H11N5O.